The summed E-state index contributed by atoms with van der Waals surface area (Å²) in [4.78, 5) is 24.9. The van der Waals surface area contributed by atoms with Crippen molar-refractivity contribution in [1.82, 2.24) is 5.32 Å². The molecule has 2 rings (SSSR count). The lowest BCUT2D eigenvalue weighted by Gasteiger charge is -2.16. The number of ether oxygens (including phenoxy) is 2. The van der Waals surface area contributed by atoms with E-state index in [9.17, 15) is 9.59 Å². The summed E-state index contributed by atoms with van der Waals surface area (Å²) in [5.41, 5.74) is 0.881. The molecule has 0 bridgehead atoms. The first-order valence-corrected chi connectivity index (χ1v) is 8.90. The maximum atomic E-state index is 11.9. The van der Waals surface area contributed by atoms with Gasteiger partial charge in [-0.1, -0.05) is 48.5 Å². The van der Waals surface area contributed by atoms with Gasteiger partial charge in [0.05, 0.1) is 7.11 Å². The van der Waals surface area contributed by atoms with Crippen LogP contribution >= 0.6 is 11.8 Å². The lowest BCUT2D eigenvalue weighted by molar-refractivity contribution is -0.143. The van der Waals surface area contributed by atoms with Gasteiger partial charge in [0.1, 0.15) is 12.6 Å². The minimum Gasteiger partial charge on any atom is -0.467 e. The Kier molecular flexibility index (Phi) is 7.85. The molecule has 5 nitrogen and oxygen atoms in total. The molecule has 1 amide bonds. The van der Waals surface area contributed by atoms with Crippen LogP contribution in [-0.2, 0) is 20.9 Å². The van der Waals surface area contributed by atoms with Crippen molar-refractivity contribution in [3.8, 4) is 0 Å². The number of rotatable bonds is 8. The maximum absolute atomic E-state index is 11.9. The van der Waals surface area contributed by atoms with E-state index in [4.69, 9.17) is 9.47 Å². The zero-order valence-corrected chi connectivity index (χ0v) is 14.8. The van der Waals surface area contributed by atoms with E-state index >= 15 is 0 Å². The summed E-state index contributed by atoms with van der Waals surface area (Å²) in [5.74, 6) is 0.188. The second-order valence-corrected chi connectivity index (χ2v) is 6.40. The van der Waals surface area contributed by atoms with Gasteiger partial charge in [-0.2, -0.15) is 0 Å². The van der Waals surface area contributed by atoms with Gasteiger partial charge in [0.25, 0.3) is 0 Å². The van der Waals surface area contributed by atoms with Crippen molar-refractivity contribution in [2.24, 2.45) is 0 Å². The summed E-state index contributed by atoms with van der Waals surface area (Å²) in [7, 11) is 1.30. The van der Waals surface area contributed by atoms with E-state index in [-0.39, 0.29) is 6.61 Å². The van der Waals surface area contributed by atoms with Crippen molar-refractivity contribution in [3.63, 3.8) is 0 Å². The minimum atomic E-state index is -0.732. The van der Waals surface area contributed by atoms with Gasteiger partial charge in [0.15, 0.2) is 0 Å². The van der Waals surface area contributed by atoms with E-state index in [1.165, 1.54) is 7.11 Å². The second-order valence-electron chi connectivity index (χ2n) is 5.23. The van der Waals surface area contributed by atoms with Gasteiger partial charge in [0.2, 0.25) is 0 Å². The third kappa shape index (κ3) is 6.89. The molecule has 1 N–H and O–H groups in total. The van der Waals surface area contributed by atoms with Crippen LogP contribution in [0.25, 0.3) is 0 Å². The molecule has 0 aliphatic rings. The Morgan fingerprint density at radius 1 is 1.04 bits per heavy atom. The molecule has 0 radical (unpaired) electrons. The average Bonchev–Trinajstić information content (AvgIpc) is 2.66. The molecular formula is C19H21NO4S. The van der Waals surface area contributed by atoms with Crippen LogP contribution in [0.2, 0.25) is 0 Å². The predicted octanol–water partition coefficient (Wildman–Crippen LogP) is 3.64. The molecule has 0 aromatic heterocycles. The van der Waals surface area contributed by atoms with Crippen LogP contribution in [0, 0.1) is 0 Å². The average molecular weight is 359 g/mol. The van der Waals surface area contributed by atoms with Crippen LogP contribution in [0.3, 0.4) is 0 Å². The van der Waals surface area contributed by atoms with Gasteiger partial charge in [-0.15, -0.1) is 11.8 Å². The topological polar surface area (TPSA) is 64.6 Å². The Morgan fingerprint density at radius 3 is 2.32 bits per heavy atom. The van der Waals surface area contributed by atoms with Crippen molar-refractivity contribution < 1.29 is 19.1 Å². The third-order valence-electron chi connectivity index (χ3n) is 3.41. The Balaban J connectivity index is 1.80. The molecule has 132 valence electrons. The largest absolute Gasteiger partial charge is 0.467 e. The fraction of sp³-hybridized carbons (Fsp3) is 0.263. The minimum absolute atomic E-state index is 0.152. The lowest BCUT2D eigenvalue weighted by atomic mass is 10.2. The number of methoxy groups -OCH3 is 1. The monoisotopic (exact) mass is 359 g/mol. The Bertz CT molecular complexity index is 664. The van der Waals surface area contributed by atoms with E-state index in [0.29, 0.717) is 12.2 Å². The normalized spacial score (nSPS) is 11.4. The summed E-state index contributed by atoms with van der Waals surface area (Å²) in [6.45, 7) is 0.152. The summed E-state index contributed by atoms with van der Waals surface area (Å²) >= 11 is 1.61. The van der Waals surface area contributed by atoms with Gasteiger partial charge in [0, 0.05) is 10.6 Å². The van der Waals surface area contributed by atoms with Crippen LogP contribution < -0.4 is 5.32 Å². The van der Waals surface area contributed by atoms with Crippen molar-refractivity contribution in [2.75, 3.05) is 12.9 Å². The van der Waals surface area contributed by atoms with Crippen LogP contribution in [-0.4, -0.2) is 31.0 Å². The number of hydrogen-bond donors (Lipinski definition) is 1. The number of hydrogen-bond acceptors (Lipinski definition) is 5. The number of alkyl carbamates (subject to hydrolysis) is 1. The fourth-order valence-electron chi connectivity index (χ4n) is 2.11. The molecule has 2 aromatic rings. The number of esters is 1. The molecular weight excluding hydrogens is 338 g/mol. The van der Waals surface area contributed by atoms with E-state index in [0.717, 1.165) is 10.5 Å². The van der Waals surface area contributed by atoms with Gasteiger partial charge in [-0.05, 0) is 24.1 Å². The highest BCUT2D eigenvalue weighted by molar-refractivity contribution is 7.99. The van der Waals surface area contributed by atoms with E-state index in [1.54, 1.807) is 11.8 Å². The molecule has 0 spiro atoms. The number of benzene rings is 2. The summed E-state index contributed by atoms with van der Waals surface area (Å²) in [6, 6.07) is 18.5. The molecule has 1 atom stereocenters. The number of amides is 1. The predicted molar refractivity (Wildman–Crippen MR) is 97.3 cm³/mol. The van der Waals surface area contributed by atoms with Gasteiger partial charge >= 0.3 is 12.1 Å². The Hall–Kier alpha value is -2.47. The molecule has 2 aromatic carbocycles. The highest BCUT2D eigenvalue weighted by Crippen LogP contribution is 2.18. The first kappa shape index (κ1) is 18.9. The maximum Gasteiger partial charge on any atom is 0.408 e. The second kappa shape index (κ2) is 10.4. The molecule has 0 aliphatic carbocycles. The molecule has 0 heterocycles. The zero-order valence-electron chi connectivity index (χ0n) is 14.0. The highest BCUT2D eigenvalue weighted by atomic mass is 32.2. The van der Waals surface area contributed by atoms with Crippen molar-refractivity contribution in [2.45, 2.75) is 24.0 Å². The van der Waals surface area contributed by atoms with E-state index in [2.05, 4.69) is 5.32 Å². The van der Waals surface area contributed by atoms with Crippen molar-refractivity contribution >= 4 is 23.8 Å². The SMILES string of the molecule is COC(=O)[C@H](CCSc1ccccc1)NC(=O)OCc1ccccc1. The molecule has 0 fully saturated rings. The molecule has 6 heteroatoms. The Morgan fingerprint density at radius 2 is 1.68 bits per heavy atom. The first-order chi connectivity index (χ1) is 12.2. The third-order valence-corrected chi connectivity index (χ3v) is 4.45. The number of thioether (sulfide) groups is 1. The van der Waals surface area contributed by atoms with Crippen molar-refractivity contribution in [1.29, 1.82) is 0 Å². The van der Waals surface area contributed by atoms with Gasteiger partial charge in [-0.25, -0.2) is 9.59 Å². The summed E-state index contributed by atoms with van der Waals surface area (Å²) in [5, 5.41) is 2.58. The zero-order chi connectivity index (χ0) is 17.9. The molecule has 0 aliphatic heterocycles. The van der Waals surface area contributed by atoms with Crippen LogP contribution in [0.4, 0.5) is 4.79 Å². The number of carbonyl (C=O) groups is 2. The number of carbonyl (C=O) groups excluding carboxylic acids is 2. The van der Waals surface area contributed by atoms with Crippen LogP contribution in [0.5, 0.6) is 0 Å². The molecule has 0 unspecified atom stereocenters. The standard InChI is InChI=1S/C19H21NO4S/c1-23-18(21)17(12-13-25-16-10-6-3-7-11-16)20-19(22)24-14-15-8-4-2-5-9-15/h2-11,17H,12-14H2,1H3,(H,20,22)/t17-/m0/s1. The van der Waals surface area contributed by atoms with E-state index in [1.807, 2.05) is 60.7 Å². The smallest absolute Gasteiger partial charge is 0.408 e. The Labute approximate surface area is 151 Å². The fourth-order valence-corrected chi connectivity index (χ4v) is 3.05. The summed E-state index contributed by atoms with van der Waals surface area (Å²) in [6.07, 6.45) is -0.184. The number of nitrogens with one attached hydrogen (secondary N) is 1. The van der Waals surface area contributed by atoms with E-state index < -0.39 is 18.1 Å². The molecule has 0 saturated heterocycles. The molecule has 25 heavy (non-hydrogen) atoms. The van der Waals surface area contributed by atoms with Crippen LogP contribution in [0.15, 0.2) is 65.6 Å². The summed E-state index contributed by atoms with van der Waals surface area (Å²) < 4.78 is 9.91. The van der Waals surface area contributed by atoms with Crippen LogP contribution in [0.1, 0.15) is 12.0 Å². The first-order valence-electron chi connectivity index (χ1n) is 7.92. The quantitative estimate of drug-likeness (QED) is 0.576. The van der Waals surface area contributed by atoms with Gasteiger partial charge < -0.3 is 14.8 Å². The highest BCUT2D eigenvalue weighted by Gasteiger charge is 2.22. The van der Waals surface area contributed by atoms with Crippen molar-refractivity contribution in [3.05, 3.63) is 66.2 Å². The van der Waals surface area contributed by atoms with Gasteiger partial charge in [-0.3, -0.25) is 0 Å². The lowest BCUT2D eigenvalue weighted by Crippen LogP contribution is -2.42. The molecule has 0 saturated carbocycles.